The molecule has 0 saturated carbocycles. The second kappa shape index (κ2) is 9.00. The lowest BCUT2D eigenvalue weighted by atomic mass is 9.83. The first-order chi connectivity index (χ1) is 14.6. The van der Waals surface area contributed by atoms with Gasteiger partial charge in [0, 0.05) is 18.8 Å². The zero-order valence-electron chi connectivity index (χ0n) is 17.0. The Morgan fingerprint density at radius 3 is 2.47 bits per heavy atom. The Labute approximate surface area is 175 Å². The molecule has 158 valence electrons. The van der Waals surface area contributed by atoms with Crippen molar-refractivity contribution in [3.63, 3.8) is 0 Å². The van der Waals surface area contributed by atoms with Gasteiger partial charge in [-0.15, -0.1) is 0 Å². The molecule has 2 saturated heterocycles. The second-order valence-electron chi connectivity index (χ2n) is 7.77. The molecule has 2 aromatic rings. The Bertz CT molecular complexity index is 902. The van der Waals surface area contributed by atoms with Crippen molar-refractivity contribution in [3.8, 4) is 11.8 Å². The molecule has 0 N–H and O–H groups in total. The maximum atomic E-state index is 14.3. The Balaban J connectivity index is 1.61. The van der Waals surface area contributed by atoms with Crippen molar-refractivity contribution < 1.29 is 23.3 Å². The van der Waals surface area contributed by atoms with Crippen LogP contribution in [0.2, 0.25) is 0 Å². The van der Waals surface area contributed by atoms with Gasteiger partial charge in [0.05, 0.1) is 50.6 Å². The van der Waals surface area contributed by atoms with Gasteiger partial charge in [-0.2, -0.15) is 5.26 Å². The molecule has 0 bridgehead atoms. The molecule has 2 fully saturated rings. The molecule has 0 amide bonds. The summed E-state index contributed by atoms with van der Waals surface area (Å²) in [5.41, 5.74) is 2.06. The highest BCUT2D eigenvalue weighted by molar-refractivity contribution is 5.51. The molecule has 2 aliphatic heterocycles. The standard InChI is InChI=1S/C23H25FN2O4/c1-27-21-8-5-18(11-20(21)24)13-26(19-6-3-17(12-25)4-7-19)14-23(15-28-16-23)22-29-9-2-10-30-22/h3-8,11,22H,2,9-10,13-16H2,1H3. The Kier molecular flexibility index (Phi) is 6.18. The summed E-state index contributed by atoms with van der Waals surface area (Å²) in [6, 6.07) is 14.5. The van der Waals surface area contributed by atoms with Gasteiger partial charge >= 0.3 is 0 Å². The highest BCUT2D eigenvalue weighted by atomic mass is 19.1. The van der Waals surface area contributed by atoms with Crippen LogP contribution in [0.25, 0.3) is 0 Å². The molecule has 2 aromatic carbocycles. The topological polar surface area (TPSA) is 64.0 Å². The number of hydrogen-bond donors (Lipinski definition) is 0. The minimum atomic E-state index is -0.393. The molecular weight excluding hydrogens is 387 g/mol. The molecular formula is C23H25FN2O4. The van der Waals surface area contributed by atoms with Crippen LogP contribution in [0.5, 0.6) is 5.75 Å². The average molecular weight is 412 g/mol. The molecule has 4 rings (SSSR count). The van der Waals surface area contributed by atoms with E-state index in [-0.39, 0.29) is 17.5 Å². The van der Waals surface area contributed by atoms with E-state index in [0.717, 1.165) is 17.7 Å². The molecule has 0 spiro atoms. The molecule has 30 heavy (non-hydrogen) atoms. The number of hydrogen-bond acceptors (Lipinski definition) is 6. The normalized spacial score (nSPS) is 18.3. The van der Waals surface area contributed by atoms with Crippen LogP contribution in [0.15, 0.2) is 42.5 Å². The molecule has 0 unspecified atom stereocenters. The maximum absolute atomic E-state index is 14.3. The number of anilines is 1. The summed E-state index contributed by atoms with van der Waals surface area (Å²) in [6.07, 6.45) is 0.561. The van der Waals surface area contributed by atoms with Crippen LogP contribution in [-0.4, -0.2) is 46.4 Å². The van der Waals surface area contributed by atoms with Gasteiger partial charge in [-0.3, -0.25) is 0 Å². The van der Waals surface area contributed by atoms with Gasteiger partial charge in [-0.1, -0.05) is 6.07 Å². The summed E-state index contributed by atoms with van der Waals surface area (Å²) in [7, 11) is 1.45. The minimum Gasteiger partial charge on any atom is -0.494 e. The van der Waals surface area contributed by atoms with Crippen LogP contribution in [0.4, 0.5) is 10.1 Å². The van der Waals surface area contributed by atoms with E-state index in [1.54, 1.807) is 18.2 Å². The summed E-state index contributed by atoms with van der Waals surface area (Å²) in [4.78, 5) is 2.16. The smallest absolute Gasteiger partial charge is 0.169 e. The first-order valence-corrected chi connectivity index (χ1v) is 10.0. The van der Waals surface area contributed by atoms with Gasteiger partial charge in [0.2, 0.25) is 0 Å². The fourth-order valence-electron chi connectivity index (χ4n) is 3.90. The van der Waals surface area contributed by atoms with Crippen LogP contribution in [0.3, 0.4) is 0 Å². The molecule has 0 radical (unpaired) electrons. The summed E-state index contributed by atoms with van der Waals surface area (Å²) in [5, 5.41) is 9.12. The zero-order chi connectivity index (χ0) is 21.0. The van der Waals surface area contributed by atoms with Crippen molar-refractivity contribution in [2.75, 3.05) is 45.0 Å². The Hall–Kier alpha value is -2.66. The van der Waals surface area contributed by atoms with Crippen molar-refractivity contribution in [1.82, 2.24) is 0 Å². The summed E-state index contributed by atoms with van der Waals surface area (Å²) in [5.74, 6) is -0.174. The predicted molar refractivity (Wildman–Crippen MR) is 109 cm³/mol. The molecule has 0 aliphatic carbocycles. The minimum absolute atomic E-state index is 0.219. The molecule has 2 aliphatic rings. The van der Waals surface area contributed by atoms with E-state index in [1.807, 2.05) is 18.2 Å². The first kappa shape index (κ1) is 20.6. The molecule has 2 heterocycles. The van der Waals surface area contributed by atoms with E-state index in [2.05, 4.69) is 11.0 Å². The Morgan fingerprint density at radius 1 is 1.17 bits per heavy atom. The van der Waals surface area contributed by atoms with Crippen molar-refractivity contribution in [2.45, 2.75) is 19.3 Å². The van der Waals surface area contributed by atoms with E-state index in [1.165, 1.54) is 13.2 Å². The van der Waals surface area contributed by atoms with Crippen LogP contribution in [0, 0.1) is 22.6 Å². The Morgan fingerprint density at radius 2 is 1.90 bits per heavy atom. The van der Waals surface area contributed by atoms with E-state index >= 15 is 0 Å². The summed E-state index contributed by atoms with van der Waals surface area (Å²) >= 11 is 0. The van der Waals surface area contributed by atoms with Crippen molar-refractivity contribution in [3.05, 3.63) is 59.4 Å². The van der Waals surface area contributed by atoms with Crippen LogP contribution >= 0.6 is 0 Å². The highest BCUT2D eigenvalue weighted by Gasteiger charge is 2.49. The molecule has 6 nitrogen and oxygen atoms in total. The van der Waals surface area contributed by atoms with E-state index in [0.29, 0.717) is 45.1 Å². The third-order valence-electron chi connectivity index (χ3n) is 5.56. The number of nitriles is 1. The third-order valence-corrected chi connectivity index (χ3v) is 5.56. The monoisotopic (exact) mass is 412 g/mol. The molecule has 7 heteroatoms. The van der Waals surface area contributed by atoms with Crippen LogP contribution in [0.1, 0.15) is 17.5 Å². The highest BCUT2D eigenvalue weighted by Crippen LogP contribution is 2.38. The second-order valence-corrected chi connectivity index (χ2v) is 7.77. The fraction of sp³-hybridized carbons (Fsp3) is 0.435. The lowest BCUT2D eigenvalue weighted by molar-refractivity contribution is -0.291. The lowest BCUT2D eigenvalue weighted by Gasteiger charge is -2.49. The third kappa shape index (κ3) is 4.26. The van der Waals surface area contributed by atoms with Gasteiger partial charge in [-0.25, -0.2) is 4.39 Å². The van der Waals surface area contributed by atoms with Crippen LogP contribution < -0.4 is 9.64 Å². The van der Waals surface area contributed by atoms with Crippen molar-refractivity contribution in [1.29, 1.82) is 5.26 Å². The van der Waals surface area contributed by atoms with Crippen LogP contribution in [-0.2, 0) is 20.8 Å². The van der Waals surface area contributed by atoms with E-state index in [4.69, 9.17) is 24.2 Å². The van der Waals surface area contributed by atoms with Gasteiger partial charge in [0.15, 0.2) is 17.9 Å². The summed E-state index contributed by atoms with van der Waals surface area (Å²) < 4.78 is 36.7. The quantitative estimate of drug-likeness (QED) is 0.694. The SMILES string of the molecule is COc1ccc(CN(CC2(C3OCCCO3)COC2)c2ccc(C#N)cc2)cc1F. The largest absolute Gasteiger partial charge is 0.494 e. The van der Waals surface area contributed by atoms with Crippen molar-refractivity contribution in [2.24, 2.45) is 5.41 Å². The van der Waals surface area contributed by atoms with Gasteiger partial charge in [-0.05, 0) is 48.4 Å². The number of methoxy groups -OCH3 is 1. The van der Waals surface area contributed by atoms with Crippen molar-refractivity contribution >= 4 is 5.69 Å². The first-order valence-electron chi connectivity index (χ1n) is 10.0. The average Bonchev–Trinajstić information content (AvgIpc) is 2.76. The number of ether oxygens (including phenoxy) is 4. The number of rotatable bonds is 7. The van der Waals surface area contributed by atoms with E-state index in [9.17, 15) is 4.39 Å². The van der Waals surface area contributed by atoms with E-state index < -0.39 is 5.82 Å². The molecule has 0 aromatic heterocycles. The summed E-state index contributed by atoms with van der Waals surface area (Å²) in [6.45, 7) is 3.54. The number of nitrogens with zero attached hydrogens (tertiary/aromatic N) is 2. The predicted octanol–water partition coefficient (Wildman–Crippen LogP) is 3.49. The number of benzene rings is 2. The molecule has 0 atom stereocenters. The van der Waals surface area contributed by atoms with Gasteiger partial charge in [0.1, 0.15) is 0 Å². The van der Waals surface area contributed by atoms with Gasteiger partial charge < -0.3 is 23.8 Å². The van der Waals surface area contributed by atoms with Gasteiger partial charge in [0.25, 0.3) is 0 Å². The maximum Gasteiger partial charge on any atom is 0.169 e. The zero-order valence-corrected chi connectivity index (χ0v) is 17.0. The lowest BCUT2D eigenvalue weighted by Crippen LogP contribution is -2.60. The number of halogens is 1. The fourth-order valence-corrected chi connectivity index (χ4v) is 3.90.